The molecule has 2 heterocycles. The van der Waals surface area contributed by atoms with Gasteiger partial charge in [-0.1, -0.05) is 0 Å². The van der Waals surface area contributed by atoms with Crippen LogP contribution >= 0.6 is 11.8 Å². The molecule has 88 valence electrons. The van der Waals surface area contributed by atoms with E-state index in [4.69, 9.17) is 4.74 Å². The summed E-state index contributed by atoms with van der Waals surface area (Å²) in [5.41, 5.74) is 0. The van der Waals surface area contributed by atoms with Crippen LogP contribution < -0.4 is 10.1 Å². The van der Waals surface area contributed by atoms with Crippen molar-refractivity contribution in [3.05, 3.63) is 0 Å². The van der Waals surface area contributed by atoms with Crippen LogP contribution in [-0.4, -0.2) is 39.2 Å². The van der Waals surface area contributed by atoms with Crippen LogP contribution in [0.1, 0.15) is 13.3 Å². The van der Waals surface area contributed by atoms with Crippen molar-refractivity contribution in [1.82, 2.24) is 15.2 Å². The second-order valence-corrected chi connectivity index (χ2v) is 4.60. The monoisotopic (exact) mass is 242 g/mol. The van der Waals surface area contributed by atoms with Crippen LogP contribution in [0.4, 0.5) is 5.95 Å². The van der Waals surface area contributed by atoms with Crippen LogP contribution in [0.15, 0.2) is 0 Å². The maximum Gasteiger partial charge on any atom is 0.337 e. The lowest BCUT2D eigenvalue weighted by Crippen LogP contribution is -2.22. The molecular formula is C9H14N4O2S. The Bertz CT molecular complexity index is 362. The first-order valence-electron chi connectivity index (χ1n) is 5.23. The zero-order chi connectivity index (χ0) is 11.4. The van der Waals surface area contributed by atoms with E-state index in [0.717, 1.165) is 17.9 Å². The van der Waals surface area contributed by atoms with Gasteiger partial charge in [0.1, 0.15) is 0 Å². The van der Waals surface area contributed by atoms with Gasteiger partial charge in [-0.15, -0.1) is 5.10 Å². The summed E-state index contributed by atoms with van der Waals surface area (Å²) in [5, 5.41) is 9.13. The molecule has 16 heavy (non-hydrogen) atoms. The number of nitrogens with one attached hydrogen (secondary N) is 2. The van der Waals surface area contributed by atoms with Gasteiger partial charge in [-0.2, -0.15) is 16.7 Å². The normalized spacial score (nSPS) is 19.7. The molecule has 2 rings (SSSR count). The number of nitrogens with zero attached hydrogens (tertiary/aromatic N) is 2. The number of rotatable bonds is 4. The Morgan fingerprint density at radius 1 is 1.75 bits per heavy atom. The van der Waals surface area contributed by atoms with Crippen LogP contribution in [0.25, 0.3) is 0 Å². The molecule has 0 aliphatic carbocycles. The second-order valence-electron chi connectivity index (χ2n) is 3.45. The van der Waals surface area contributed by atoms with E-state index < -0.39 is 0 Å². The Hall–Kier alpha value is -1.24. The van der Waals surface area contributed by atoms with Crippen molar-refractivity contribution in [2.75, 3.05) is 23.4 Å². The zero-order valence-corrected chi connectivity index (χ0v) is 9.84. The van der Waals surface area contributed by atoms with E-state index in [2.05, 4.69) is 20.5 Å². The minimum Gasteiger partial charge on any atom is -0.463 e. The number of amides is 1. The highest BCUT2D eigenvalue weighted by molar-refractivity contribution is 7.99. The van der Waals surface area contributed by atoms with E-state index >= 15 is 0 Å². The molecule has 0 radical (unpaired) electrons. The Kier molecular flexibility index (Phi) is 3.66. The van der Waals surface area contributed by atoms with E-state index in [1.807, 2.05) is 6.92 Å². The van der Waals surface area contributed by atoms with Crippen LogP contribution in [-0.2, 0) is 4.79 Å². The molecule has 1 atom stereocenters. The summed E-state index contributed by atoms with van der Waals surface area (Å²) in [7, 11) is 0. The Balaban J connectivity index is 1.89. The third kappa shape index (κ3) is 2.66. The van der Waals surface area contributed by atoms with Gasteiger partial charge >= 0.3 is 6.01 Å². The van der Waals surface area contributed by atoms with E-state index in [1.54, 1.807) is 11.8 Å². The Morgan fingerprint density at radius 2 is 2.62 bits per heavy atom. The number of aromatic nitrogens is 3. The predicted molar refractivity (Wildman–Crippen MR) is 61.6 cm³/mol. The summed E-state index contributed by atoms with van der Waals surface area (Å²) in [6, 6.07) is 0.263. The number of hydrogen-bond acceptors (Lipinski definition) is 5. The minimum absolute atomic E-state index is 0.00389. The fraction of sp³-hybridized carbons (Fsp3) is 0.667. The maximum atomic E-state index is 11.7. The van der Waals surface area contributed by atoms with Crippen molar-refractivity contribution in [3.8, 4) is 6.01 Å². The number of carbonyl (C=O) groups excluding carboxylic acids is 1. The molecule has 1 unspecified atom stereocenters. The fourth-order valence-electron chi connectivity index (χ4n) is 1.46. The number of ether oxygens (including phenoxy) is 1. The molecule has 1 aromatic heterocycles. The first-order valence-corrected chi connectivity index (χ1v) is 6.39. The molecule has 2 N–H and O–H groups in total. The molecule has 1 saturated heterocycles. The number of hydrogen-bond donors (Lipinski definition) is 2. The first kappa shape index (κ1) is 11.3. The quantitative estimate of drug-likeness (QED) is 0.819. The van der Waals surface area contributed by atoms with Crippen LogP contribution in [0.3, 0.4) is 0 Å². The summed E-state index contributed by atoms with van der Waals surface area (Å²) in [4.78, 5) is 15.7. The third-order valence-electron chi connectivity index (χ3n) is 2.28. The summed E-state index contributed by atoms with van der Waals surface area (Å²) in [6.45, 7) is 2.36. The lowest BCUT2D eigenvalue weighted by atomic mass is 10.1. The largest absolute Gasteiger partial charge is 0.463 e. The molecule has 1 fully saturated rings. The van der Waals surface area contributed by atoms with E-state index in [-0.39, 0.29) is 17.8 Å². The van der Waals surface area contributed by atoms with E-state index in [1.165, 1.54) is 0 Å². The van der Waals surface area contributed by atoms with Gasteiger partial charge in [0.25, 0.3) is 0 Å². The Labute approximate surface area is 97.5 Å². The lowest BCUT2D eigenvalue weighted by Gasteiger charge is -2.06. The number of aromatic amines is 1. The van der Waals surface area contributed by atoms with Crippen molar-refractivity contribution < 1.29 is 9.53 Å². The highest BCUT2D eigenvalue weighted by Crippen LogP contribution is 2.24. The fourth-order valence-corrected chi connectivity index (χ4v) is 2.68. The maximum absolute atomic E-state index is 11.7. The Morgan fingerprint density at radius 3 is 3.31 bits per heavy atom. The summed E-state index contributed by atoms with van der Waals surface area (Å²) in [5.74, 6) is 2.39. The predicted octanol–water partition coefficient (Wildman–Crippen LogP) is 0.895. The van der Waals surface area contributed by atoms with E-state index in [0.29, 0.717) is 12.6 Å². The van der Waals surface area contributed by atoms with Crippen LogP contribution in [0.5, 0.6) is 6.01 Å². The van der Waals surface area contributed by atoms with Crippen LogP contribution in [0, 0.1) is 5.92 Å². The molecule has 1 amide bonds. The van der Waals surface area contributed by atoms with Gasteiger partial charge in [0.05, 0.1) is 6.61 Å². The summed E-state index contributed by atoms with van der Waals surface area (Å²) in [6.07, 6.45) is 0.933. The molecular weight excluding hydrogens is 228 g/mol. The van der Waals surface area contributed by atoms with E-state index in [9.17, 15) is 4.79 Å². The molecule has 6 nitrogen and oxygen atoms in total. The number of thioether (sulfide) groups is 1. The van der Waals surface area contributed by atoms with Crippen molar-refractivity contribution in [2.24, 2.45) is 5.92 Å². The summed E-state index contributed by atoms with van der Waals surface area (Å²) < 4.78 is 5.08. The van der Waals surface area contributed by atoms with Crippen molar-refractivity contribution in [3.63, 3.8) is 0 Å². The SMILES string of the molecule is CCOc1n[nH]c(NC(=O)C2CCSC2)n1. The van der Waals surface area contributed by atoms with Gasteiger partial charge < -0.3 is 4.74 Å². The number of carbonyl (C=O) groups is 1. The van der Waals surface area contributed by atoms with Gasteiger partial charge in [0.15, 0.2) is 0 Å². The lowest BCUT2D eigenvalue weighted by molar-refractivity contribution is -0.119. The van der Waals surface area contributed by atoms with Gasteiger partial charge in [-0.3, -0.25) is 10.1 Å². The highest BCUT2D eigenvalue weighted by atomic mass is 32.2. The summed E-state index contributed by atoms with van der Waals surface area (Å²) >= 11 is 1.80. The van der Waals surface area contributed by atoms with Gasteiger partial charge in [0.2, 0.25) is 11.9 Å². The second kappa shape index (κ2) is 5.20. The number of H-pyrrole nitrogens is 1. The third-order valence-corrected chi connectivity index (χ3v) is 3.44. The topological polar surface area (TPSA) is 79.9 Å². The zero-order valence-electron chi connectivity index (χ0n) is 9.02. The smallest absolute Gasteiger partial charge is 0.337 e. The molecule has 1 aliphatic rings. The average Bonchev–Trinajstić information content (AvgIpc) is 2.89. The standard InChI is InChI=1S/C9H14N4O2S/c1-2-15-9-11-8(12-13-9)10-7(14)6-3-4-16-5-6/h6H,2-5H2,1H3,(H2,10,11,12,13,14). The molecule has 1 aliphatic heterocycles. The highest BCUT2D eigenvalue weighted by Gasteiger charge is 2.23. The molecule has 1 aromatic rings. The minimum atomic E-state index is 0.00389. The first-order chi connectivity index (χ1) is 7.79. The van der Waals surface area contributed by atoms with Gasteiger partial charge in [-0.25, -0.2) is 5.10 Å². The van der Waals surface area contributed by atoms with Crippen molar-refractivity contribution in [2.45, 2.75) is 13.3 Å². The molecule has 0 saturated carbocycles. The molecule has 0 spiro atoms. The molecule has 0 bridgehead atoms. The molecule has 0 aromatic carbocycles. The number of anilines is 1. The van der Waals surface area contributed by atoms with Crippen molar-refractivity contribution in [1.29, 1.82) is 0 Å². The molecule has 7 heteroatoms. The average molecular weight is 242 g/mol. The van der Waals surface area contributed by atoms with Crippen molar-refractivity contribution >= 4 is 23.6 Å². The van der Waals surface area contributed by atoms with Gasteiger partial charge in [-0.05, 0) is 19.1 Å². The van der Waals surface area contributed by atoms with Gasteiger partial charge in [0, 0.05) is 11.7 Å². The van der Waals surface area contributed by atoms with Crippen LogP contribution in [0.2, 0.25) is 0 Å².